The lowest BCUT2D eigenvalue weighted by Crippen LogP contribution is -2.79. The topological polar surface area (TPSA) is 167 Å². The minimum Gasteiger partial charge on any atom is -0.426 e. The summed E-state index contributed by atoms with van der Waals surface area (Å²) >= 11 is 0. The molecule has 12 rings (SSSR count). The second kappa shape index (κ2) is 12.3. The van der Waals surface area contributed by atoms with E-state index in [0.717, 1.165) is 64.2 Å². The first-order chi connectivity index (χ1) is 25.5. The van der Waals surface area contributed by atoms with Crippen LogP contribution in [0.3, 0.4) is 0 Å². The van der Waals surface area contributed by atoms with E-state index in [9.17, 15) is 18.9 Å². The molecule has 2 spiro atoms. The maximum absolute atomic E-state index is 11.5. The van der Waals surface area contributed by atoms with Crippen LogP contribution in [-0.2, 0) is 59.2 Å². The van der Waals surface area contributed by atoms with Gasteiger partial charge >= 0.3 is 16.5 Å². The molecule has 14 nitrogen and oxygen atoms in total. The second-order valence-corrected chi connectivity index (χ2v) is 18.3. The summed E-state index contributed by atoms with van der Waals surface area (Å²) < 4.78 is 59.5. The molecule has 2 N–H and O–H groups in total. The SMILES string of the molecule is COC1(c2cccc(O[PH](=O)O)c2)OOC12C1CC3CC2CC(OCOC24CC5CC(C2)C2(OOC2(OC)c2cccc(O[PH](=O)O)c2)C(C5)C4)(C3)C1. The largest absolute Gasteiger partial charge is 0.426 e. The molecule has 2 heterocycles. The van der Waals surface area contributed by atoms with Gasteiger partial charge in [0.05, 0.1) is 11.2 Å². The summed E-state index contributed by atoms with van der Waals surface area (Å²) in [5, 5.41) is 0. The molecule has 2 aliphatic heterocycles. The molecule has 10 fully saturated rings. The molecule has 288 valence electrons. The van der Waals surface area contributed by atoms with Crippen molar-refractivity contribution in [3.63, 3.8) is 0 Å². The molecule has 16 heteroatoms. The van der Waals surface area contributed by atoms with Crippen LogP contribution < -0.4 is 9.05 Å². The lowest BCUT2D eigenvalue weighted by atomic mass is 9.45. The summed E-state index contributed by atoms with van der Waals surface area (Å²) in [5.74, 6) is -0.357. The van der Waals surface area contributed by atoms with Gasteiger partial charge in [-0.25, -0.2) is 18.9 Å². The van der Waals surface area contributed by atoms with Gasteiger partial charge in [-0.05, 0) is 100 Å². The van der Waals surface area contributed by atoms with Crippen LogP contribution in [0.15, 0.2) is 48.5 Å². The van der Waals surface area contributed by atoms with Crippen molar-refractivity contribution in [1.82, 2.24) is 0 Å². The Hall–Kier alpha value is -1.90. The number of hydrogen-bond donors (Lipinski definition) is 2. The van der Waals surface area contributed by atoms with Crippen molar-refractivity contribution >= 4 is 16.5 Å². The molecule has 8 atom stereocenters. The highest BCUT2D eigenvalue weighted by atomic mass is 31.1. The van der Waals surface area contributed by atoms with Crippen LogP contribution in [0.4, 0.5) is 0 Å². The van der Waals surface area contributed by atoms with E-state index >= 15 is 0 Å². The molecule has 8 unspecified atom stereocenters. The highest BCUT2D eigenvalue weighted by molar-refractivity contribution is 7.32. The summed E-state index contributed by atoms with van der Waals surface area (Å²) in [6.07, 6.45) is 9.03. The first-order valence-electron chi connectivity index (χ1n) is 18.7. The van der Waals surface area contributed by atoms with Crippen molar-refractivity contribution in [2.24, 2.45) is 35.5 Å². The Balaban J connectivity index is 0.856. The first-order valence-corrected chi connectivity index (χ1v) is 21.2. The maximum atomic E-state index is 11.5. The van der Waals surface area contributed by atoms with Crippen LogP contribution in [0.25, 0.3) is 0 Å². The molecular formula is C37H46O14P2. The van der Waals surface area contributed by atoms with Crippen LogP contribution in [0, 0.1) is 35.5 Å². The zero-order valence-corrected chi connectivity index (χ0v) is 31.7. The van der Waals surface area contributed by atoms with Crippen LogP contribution in [0.1, 0.15) is 75.3 Å². The van der Waals surface area contributed by atoms with Crippen molar-refractivity contribution in [3.05, 3.63) is 59.7 Å². The molecule has 0 amide bonds. The van der Waals surface area contributed by atoms with Gasteiger partial charge in [-0.2, -0.15) is 9.78 Å². The Morgan fingerprint density at radius 3 is 1.34 bits per heavy atom. The number of methoxy groups -OCH3 is 2. The number of ether oxygens (including phenoxy) is 4. The highest BCUT2D eigenvalue weighted by Crippen LogP contribution is 2.73. The third-order valence-corrected chi connectivity index (χ3v) is 15.3. The smallest absolute Gasteiger partial charge is 0.365 e. The van der Waals surface area contributed by atoms with Gasteiger partial charge < -0.3 is 37.8 Å². The minimum absolute atomic E-state index is 0.115. The zero-order chi connectivity index (χ0) is 36.4. The monoisotopic (exact) mass is 776 g/mol. The fraction of sp³-hybridized carbons (Fsp3) is 0.676. The van der Waals surface area contributed by atoms with Crippen molar-refractivity contribution < 1.29 is 66.5 Å². The second-order valence-electron chi connectivity index (χ2n) is 16.8. The predicted octanol–water partition coefficient (Wildman–Crippen LogP) is 6.06. The summed E-state index contributed by atoms with van der Waals surface area (Å²) in [4.78, 5) is 43.0. The molecule has 10 aliphatic rings. The Morgan fingerprint density at radius 1 is 0.623 bits per heavy atom. The third kappa shape index (κ3) is 4.88. The molecule has 8 aliphatic carbocycles. The Bertz CT molecular complexity index is 1670. The number of hydrogen-bond acceptors (Lipinski definition) is 12. The zero-order valence-electron chi connectivity index (χ0n) is 29.7. The van der Waals surface area contributed by atoms with Gasteiger partial charge in [0.25, 0.3) is 11.6 Å². The summed E-state index contributed by atoms with van der Waals surface area (Å²) in [7, 11) is -3.11. The molecular weight excluding hydrogens is 730 g/mol. The molecule has 2 saturated heterocycles. The van der Waals surface area contributed by atoms with Crippen molar-refractivity contribution in [3.8, 4) is 11.5 Å². The first kappa shape index (κ1) is 35.5. The van der Waals surface area contributed by atoms with Gasteiger partial charge in [0.1, 0.15) is 18.3 Å². The van der Waals surface area contributed by atoms with Gasteiger partial charge in [0.15, 0.2) is 11.2 Å². The summed E-state index contributed by atoms with van der Waals surface area (Å²) in [6, 6.07) is 14.0. The molecule has 8 bridgehead atoms. The number of benzene rings is 2. The standard InChI is InChI=1S/C37H46O14P2/c1-42-36(24-5-3-7-30(13-24)46-52(38)39)34(48-50-36)26-9-22-10-27(34)18-32(15-22,17-26)44-21-45-33-16-23-11-28(19-33)35(29(12-23)20-33)37(43-2,51-49-35)25-6-4-8-31(14-25)47-53(40)41/h3-8,13-14,22-23,26-29,52-53H,9-12,15-21H2,1-2H3,(H,38,39)(H,40,41). The van der Waals surface area contributed by atoms with Crippen molar-refractivity contribution in [2.45, 2.75) is 98.2 Å². The lowest BCUT2D eigenvalue weighted by molar-refractivity contribution is -0.648. The Kier molecular flexibility index (Phi) is 8.24. The normalized spacial score (nSPS) is 46.6. The third-order valence-electron chi connectivity index (χ3n) is 14.5. The van der Waals surface area contributed by atoms with E-state index in [-0.39, 0.29) is 53.2 Å². The average Bonchev–Trinajstić information content (AvgIpc) is 3.07. The molecule has 0 radical (unpaired) electrons. The predicted molar refractivity (Wildman–Crippen MR) is 183 cm³/mol. The van der Waals surface area contributed by atoms with Crippen LogP contribution in [0.5, 0.6) is 11.5 Å². The fourth-order valence-electron chi connectivity index (χ4n) is 13.1. The molecule has 53 heavy (non-hydrogen) atoms. The lowest BCUT2D eigenvalue weighted by Gasteiger charge is -2.71. The minimum atomic E-state index is -3.18. The van der Waals surface area contributed by atoms with E-state index in [1.807, 2.05) is 12.1 Å². The van der Waals surface area contributed by atoms with E-state index in [1.165, 1.54) is 0 Å². The Labute approximate surface area is 308 Å². The van der Waals surface area contributed by atoms with Crippen LogP contribution in [0.2, 0.25) is 0 Å². The van der Waals surface area contributed by atoms with Gasteiger partial charge in [-0.15, -0.1) is 0 Å². The highest BCUT2D eigenvalue weighted by Gasteiger charge is 2.80. The fourth-order valence-corrected chi connectivity index (χ4v) is 13.8. The van der Waals surface area contributed by atoms with E-state index in [1.54, 1.807) is 50.6 Å². The van der Waals surface area contributed by atoms with E-state index < -0.39 is 39.3 Å². The van der Waals surface area contributed by atoms with Crippen LogP contribution in [-0.4, -0.2) is 53.2 Å². The van der Waals surface area contributed by atoms with Gasteiger partial charge in [-0.3, -0.25) is 0 Å². The van der Waals surface area contributed by atoms with E-state index in [2.05, 4.69) is 0 Å². The van der Waals surface area contributed by atoms with Crippen molar-refractivity contribution in [1.29, 1.82) is 0 Å². The van der Waals surface area contributed by atoms with Gasteiger partial charge in [0, 0.05) is 49.0 Å². The van der Waals surface area contributed by atoms with Gasteiger partial charge in [0.2, 0.25) is 0 Å². The summed E-state index contributed by atoms with van der Waals surface area (Å²) in [5.41, 5.74) is -0.726. The average molecular weight is 777 g/mol. The molecule has 2 aromatic rings. The molecule has 8 saturated carbocycles. The quantitative estimate of drug-likeness (QED) is 0.145. The van der Waals surface area contributed by atoms with Gasteiger partial charge in [-0.1, -0.05) is 24.3 Å². The van der Waals surface area contributed by atoms with Crippen LogP contribution >= 0.6 is 16.5 Å². The molecule has 2 aromatic carbocycles. The van der Waals surface area contributed by atoms with Crippen molar-refractivity contribution in [2.75, 3.05) is 21.0 Å². The Morgan fingerprint density at radius 2 is 1.02 bits per heavy atom. The van der Waals surface area contributed by atoms with E-state index in [0.29, 0.717) is 23.0 Å². The number of rotatable bonds is 12. The van der Waals surface area contributed by atoms with E-state index in [4.69, 9.17) is 47.5 Å². The maximum Gasteiger partial charge on any atom is 0.365 e. The molecule has 0 aromatic heterocycles. The summed E-state index contributed by atoms with van der Waals surface area (Å²) in [6.45, 7) is 0.206.